The van der Waals surface area contributed by atoms with Gasteiger partial charge in [-0.15, -0.1) is 10.1 Å². The summed E-state index contributed by atoms with van der Waals surface area (Å²) in [6, 6.07) is 7.30. The van der Waals surface area contributed by atoms with Gasteiger partial charge in [-0.3, -0.25) is 4.79 Å². The van der Waals surface area contributed by atoms with Crippen molar-refractivity contribution in [1.29, 1.82) is 0 Å². The Morgan fingerprint density at radius 2 is 1.68 bits per heavy atom. The number of carbonyl (C=O) groups is 3. The topological polar surface area (TPSA) is 189 Å². The van der Waals surface area contributed by atoms with Gasteiger partial charge in [-0.2, -0.15) is 0 Å². The Balaban J connectivity index is 0.000000781. The molecule has 13 heteroatoms. The van der Waals surface area contributed by atoms with Crippen molar-refractivity contribution in [2.24, 2.45) is 5.92 Å². The second-order valence-corrected chi connectivity index (χ2v) is 9.77. The normalized spacial score (nSPS) is 14.8. The lowest BCUT2D eigenvalue weighted by molar-refractivity contribution is -0.759. The molecule has 1 saturated heterocycles. The molecule has 1 aromatic rings. The van der Waals surface area contributed by atoms with E-state index < -0.39 is 23.1 Å². The molecule has 1 fully saturated rings. The first-order valence-electron chi connectivity index (χ1n) is 12.1. The van der Waals surface area contributed by atoms with Crippen molar-refractivity contribution in [2.45, 2.75) is 51.7 Å². The van der Waals surface area contributed by atoms with Gasteiger partial charge in [-0.1, -0.05) is 12.1 Å². The molecule has 0 aromatic heterocycles. The van der Waals surface area contributed by atoms with Crippen LogP contribution in [0.15, 0.2) is 36.4 Å². The molecular weight excluding hydrogens is 502 g/mol. The molecular formula is C25H37N3O10. The van der Waals surface area contributed by atoms with E-state index in [0.29, 0.717) is 56.8 Å². The van der Waals surface area contributed by atoms with E-state index >= 15 is 0 Å². The molecule has 0 spiro atoms. The van der Waals surface area contributed by atoms with Crippen molar-refractivity contribution in [3.05, 3.63) is 52.1 Å². The molecule has 1 aliphatic rings. The zero-order chi connectivity index (χ0) is 28.7. The fourth-order valence-electron chi connectivity index (χ4n) is 3.32. The number of benzene rings is 1. The molecule has 0 saturated carbocycles. The fourth-order valence-corrected chi connectivity index (χ4v) is 3.32. The third kappa shape index (κ3) is 15.4. The number of piperidine rings is 1. The van der Waals surface area contributed by atoms with Gasteiger partial charge in [0.25, 0.3) is 5.09 Å². The molecule has 0 radical (unpaired) electrons. The maximum Gasteiger partial charge on any atom is 0.328 e. The SMILES string of the molecule is CC(C)(C)NCC(O)COc1ccc(CC(=O)N2CCC(CO[N+](=O)[O-])CC2)cc1.O=C(O)/C=C/C(=O)O. The van der Waals surface area contributed by atoms with E-state index in [9.17, 15) is 29.6 Å². The Bertz CT molecular complexity index is 920. The number of aliphatic carboxylic acids is 2. The Hall–Kier alpha value is -3.71. The van der Waals surface area contributed by atoms with Crippen molar-refractivity contribution >= 4 is 17.8 Å². The number of nitrogens with one attached hydrogen (secondary N) is 1. The average molecular weight is 540 g/mol. The van der Waals surface area contributed by atoms with E-state index in [0.717, 1.165) is 5.56 Å². The lowest BCUT2D eigenvalue weighted by Gasteiger charge is -2.31. The van der Waals surface area contributed by atoms with E-state index in [2.05, 4.69) is 10.2 Å². The van der Waals surface area contributed by atoms with Crippen molar-refractivity contribution in [3.8, 4) is 5.75 Å². The third-order valence-corrected chi connectivity index (χ3v) is 5.34. The summed E-state index contributed by atoms with van der Waals surface area (Å²) in [4.78, 5) is 48.1. The summed E-state index contributed by atoms with van der Waals surface area (Å²) >= 11 is 0. The minimum atomic E-state index is -1.26. The van der Waals surface area contributed by atoms with E-state index in [-0.39, 0.29) is 30.6 Å². The van der Waals surface area contributed by atoms with Gasteiger partial charge in [0.05, 0.1) is 13.0 Å². The highest BCUT2D eigenvalue weighted by Gasteiger charge is 2.23. The molecule has 1 heterocycles. The number of rotatable bonds is 12. The summed E-state index contributed by atoms with van der Waals surface area (Å²) in [7, 11) is 0. The fraction of sp³-hybridized carbons (Fsp3) is 0.560. The van der Waals surface area contributed by atoms with E-state index in [1.807, 2.05) is 32.9 Å². The zero-order valence-electron chi connectivity index (χ0n) is 21.9. The van der Waals surface area contributed by atoms with Crippen LogP contribution in [0.4, 0.5) is 0 Å². The number of carboxylic acid groups (broad SMARTS) is 2. The maximum absolute atomic E-state index is 12.5. The second-order valence-electron chi connectivity index (χ2n) is 9.77. The minimum absolute atomic E-state index is 0.0426. The van der Waals surface area contributed by atoms with Crippen LogP contribution in [0.5, 0.6) is 5.75 Å². The number of aliphatic hydroxyl groups is 1. The van der Waals surface area contributed by atoms with Crippen LogP contribution in [0.2, 0.25) is 0 Å². The minimum Gasteiger partial charge on any atom is -0.491 e. The molecule has 2 rings (SSSR count). The summed E-state index contributed by atoms with van der Waals surface area (Å²) in [5.74, 6) is -1.71. The molecule has 0 aliphatic carbocycles. The van der Waals surface area contributed by atoms with Crippen LogP contribution >= 0.6 is 0 Å². The number of amides is 1. The van der Waals surface area contributed by atoms with Crippen LogP contribution in [0.3, 0.4) is 0 Å². The lowest BCUT2D eigenvalue weighted by Crippen LogP contribution is -2.42. The third-order valence-electron chi connectivity index (χ3n) is 5.34. The van der Waals surface area contributed by atoms with Gasteiger partial charge in [0.1, 0.15) is 18.5 Å². The first-order valence-corrected chi connectivity index (χ1v) is 12.1. The number of likely N-dealkylation sites (tertiary alicyclic amines) is 1. The Morgan fingerprint density at radius 3 is 2.16 bits per heavy atom. The first kappa shape index (κ1) is 32.3. The van der Waals surface area contributed by atoms with Crippen LogP contribution in [0, 0.1) is 16.0 Å². The van der Waals surface area contributed by atoms with Crippen molar-refractivity contribution in [3.63, 3.8) is 0 Å². The van der Waals surface area contributed by atoms with E-state index in [4.69, 9.17) is 14.9 Å². The number of aliphatic hydroxyl groups excluding tert-OH is 1. The zero-order valence-corrected chi connectivity index (χ0v) is 21.9. The number of hydrogen-bond acceptors (Lipinski definition) is 9. The summed E-state index contributed by atoms with van der Waals surface area (Å²) in [6.45, 7) is 8.02. The summed E-state index contributed by atoms with van der Waals surface area (Å²) < 4.78 is 5.62. The predicted molar refractivity (Wildman–Crippen MR) is 136 cm³/mol. The first-order chi connectivity index (χ1) is 17.7. The van der Waals surface area contributed by atoms with E-state index in [1.165, 1.54) is 0 Å². The van der Waals surface area contributed by atoms with Crippen molar-refractivity contribution in [2.75, 3.05) is 32.8 Å². The molecule has 1 atom stereocenters. The van der Waals surface area contributed by atoms with Gasteiger partial charge in [0.2, 0.25) is 5.91 Å². The van der Waals surface area contributed by atoms with Crippen LogP contribution < -0.4 is 10.1 Å². The van der Waals surface area contributed by atoms with E-state index in [1.54, 1.807) is 17.0 Å². The van der Waals surface area contributed by atoms with Crippen LogP contribution in [0.1, 0.15) is 39.2 Å². The molecule has 1 aromatic carbocycles. The number of nitrogens with zero attached hydrogens (tertiary/aromatic N) is 2. The molecule has 0 bridgehead atoms. The van der Waals surface area contributed by atoms with Gasteiger partial charge in [0.15, 0.2) is 0 Å². The summed E-state index contributed by atoms with van der Waals surface area (Å²) in [5, 5.41) is 38.3. The average Bonchev–Trinajstić information content (AvgIpc) is 2.84. The van der Waals surface area contributed by atoms with Crippen LogP contribution in [-0.2, 0) is 25.6 Å². The predicted octanol–water partition coefficient (Wildman–Crippen LogP) is 1.52. The number of ether oxygens (including phenoxy) is 1. The van der Waals surface area contributed by atoms with Crippen molar-refractivity contribution < 1.29 is 44.4 Å². The molecule has 1 aliphatic heterocycles. The Morgan fingerprint density at radius 1 is 1.13 bits per heavy atom. The van der Waals surface area contributed by atoms with Crippen molar-refractivity contribution in [1.82, 2.24) is 10.2 Å². The molecule has 1 unspecified atom stereocenters. The summed E-state index contributed by atoms with van der Waals surface area (Å²) in [5.41, 5.74) is 0.828. The molecule has 13 nitrogen and oxygen atoms in total. The number of carbonyl (C=O) groups excluding carboxylic acids is 1. The van der Waals surface area contributed by atoms with Gasteiger partial charge in [-0.25, -0.2) is 9.59 Å². The highest BCUT2D eigenvalue weighted by molar-refractivity contribution is 5.89. The number of hydrogen-bond donors (Lipinski definition) is 4. The Kier molecular flexibility index (Phi) is 13.8. The standard InChI is InChI=1S/C21H33N3O6.C4H4O4/c1-21(2,3)22-13-18(25)15-29-19-6-4-16(5-7-19)12-20(26)23-10-8-17(9-11-23)14-30-24(27)28;5-3(6)1-2-4(7)8/h4-7,17-18,22,25H,8-15H2,1-3H3;1-2H,(H,5,6)(H,7,8)/b;2-1+. The number of carboxylic acids is 2. The molecule has 4 N–H and O–H groups in total. The van der Waals surface area contributed by atoms with Gasteiger partial charge in [-0.05, 0) is 57.2 Å². The quantitative estimate of drug-likeness (QED) is 0.171. The molecule has 212 valence electrons. The lowest BCUT2D eigenvalue weighted by atomic mass is 9.97. The highest BCUT2D eigenvalue weighted by atomic mass is 16.9. The number of β-amino-alcohol motifs (C(OH)–C–C–N with tert-alkyl or cyclic N) is 1. The molecule has 38 heavy (non-hydrogen) atoms. The highest BCUT2D eigenvalue weighted by Crippen LogP contribution is 2.19. The largest absolute Gasteiger partial charge is 0.491 e. The molecule has 1 amide bonds. The smallest absolute Gasteiger partial charge is 0.328 e. The second kappa shape index (κ2) is 16.2. The van der Waals surface area contributed by atoms with Crippen LogP contribution in [0.25, 0.3) is 0 Å². The van der Waals surface area contributed by atoms with Gasteiger partial charge < -0.3 is 35.1 Å². The summed E-state index contributed by atoms with van der Waals surface area (Å²) in [6.07, 6.45) is 2.22. The van der Waals surface area contributed by atoms with Crippen LogP contribution in [-0.4, -0.2) is 87.6 Å². The Labute approximate surface area is 221 Å². The van der Waals surface area contributed by atoms with Gasteiger partial charge in [0, 0.05) is 37.3 Å². The maximum atomic E-state index is 12.5. The monoisotopic (exact) mass is 539 g/mol. The van der Waals surface area contributed by atoms with Gasteiger partial charge >= 0.3 is 11.9 Å².